The van der Waals surface area contributed by atoms with E-state index in [1.807, 2.05) is 48.6 Å². The van der Waals surface area contributed by atoms with Gasteiger partial charge in [0.25, 0.3) is 0 Å². The summed E-state index contributed by atoms with van der Waals surface area (Å²) in [7, 11) is 0. The number of rotatable bonds is 12. The molecule has 0 spiro atoms. The molecule has 356 valence electrons. The van der Waals surface area contributed by atoms with Gasteiger partial charge in [-0.15, -0.1) is 0 Å². The lowest BCUT2D eigenvalue weighted by Crippen LogP contribution is -2.06. The van der Waals surface area contributed by atoms with E-state index in [4.69, 9.17) is 9.97 Å². The number of para-hydroxylation sites is 3. The molecule has 1 aliphatic carbocycles. The second kappa shape index (κ2) is 19.0. The molecule has 0 fully saturated rings. The third kappa shape index (κ3) is 7.81. The van der Waals surface area contributed by atoms with Gasteiger partial charge in [0.1, 0.15) is 0 Å². The number of nitrogens with zero attached hydrogens (tertiary/aromatic N) is 5. The van der Waals surface area contributed by atoms with Gasteiger partial charge in [0.05, 0.1) is 44.7 Å². The van der Waals surface area contributed by atoms with Crippen LogP contribution in [0.25, 0.3) is 123 Å². The van der Waals surface area contributed by atoms with Crippen molar-refractivity contribution in [2.24, 2.45) is 0 Å². The Morgan fingerprint density at radius 2 is 1.13 bits per heavy atom. The Morgan fingerprint density at radius 1 is 0.480 bits per heavy atom. The van der Waals surface area contributed by atoms with Gasteiger partial charge in [-0.3, -0.25) is 0 Å². The van der Waals surface area contributed by atoms with Crippen LogP contribution >= 0.6 is 0 Å². The fourth-order valence-electron chi connectivity index (χ4n) is 11.2. The molecule has 75 heavy (non-hydrogen) atoms. The lowest BCUT2D eigenvalue weighted by atomic mass is 9.90. The number of hydrogen-bond acceptors (Lipinski definition) is 2. The van der Waals surface area contributed by atoms with Crippen molar-refractivity contribution < 1.29 is 0 Å². The Hall–Kier alpha value is -9.84. The van der Waals surface area contributed by atoms with Gasteiger partial charge in [-0.1, -0.05) is 190 Å². The Bertz CT molecular complexity index is 4340. The Labute approximate surface area is 436 Å². The molecule has 4 heterocycles. The molecule has 12 aromatic rings. The molecule has 5 heteroatoms. The molecule has 5 nitrogen and oxygen atoms in total. The van der Waals surface area contributed by atoms with Gasteiger partial charge in [-0.25, -0.2) is 9.97 Å². The molecular weight excluding hydrogens is 911 g/mol. The van der Waals surface area contributed by atoms with Crippen molar-refractivity contribution in [1.82, 2.24) is 23.7 Å². The van der Waals surface area contributed by atoms with Crippen molar-refractivity contribution in [1.29, 1.82) is 0 Å². The Kier molecular flexibility index (Phi) is 11.4. The summed E-state index contributed by atoms with van der Waals surface area (Å²) in [5, 5.41) is 5.91. The van der Waals surface area contributed by atoms with Crippen molar-refractivity contribution >= 4 is 71.7 Å². The lowest BCUT2D eigenvalue weighted by molar-refractivity contribution is 1.04. The zero-order chi connectivity index (χ0) is 50.4. The predicted octanol–water partition coefficient (Wildman–Crippen LogP) is 18.3. The SMILES string of the molecule is C=C/C=C\c1cc2ccccc2n1-c1ccc2c(c1)c1ccc(-n3c4ccccc4c4ccccc43)cc1n2-c1c(C2=CCCC=C2)cc(-c2nc(/C(C=C)=C/C=C)cc(-c3ccccc3)n2)cc1-c1ccccc1. The second-order valence-electron chi connectivity index (χ2n) is 19.0. The van der Waals surface area contributed by atoms with Gasteiger partial charge in [0.15, 0.2) is 5.82 Å². The number of allylic oxidation sites excluding steroid dienone is 10. The summed E-state index contributed by atoms with van der Waals surface area (Å²) in [4.78, 5) is 10.7. The first-order valence-electron chi connectivity index (χ1n) is 25.6. The summed E-state index contributed by atoms with van der Waals surface area (Å²) < 4.78 is 7.30. The van der Waals surface area contributed by atoms with Crippen LogP contribution in [-0.4, -0.2) is 23.7 Å². The fourth-order valence-corrected chi connectivity index (χ4v) is 11.2. The van der Waals surface area contributed by atoms with Crippen LogP contribution in [0.15, 0.2) is 262 Å². The minimum absolute atomic E-state index is 0.620. The van der Waals surface area contributed by atoms with E-state index in [-0.39, 0.29) is 0 Å². The third-order valence-electron chi connectivity index (χ3n) is 14.6. The lowest BCUT2D eigenvalue weighted by Gasteiger charge is -2.22. The van der Waals surface area contributed by atoms with Crippen molar-refractivity contribution in [2.45, 2.75) is 12.8 Å². The molecule has 0 saturated carbocycles. The quantitative estimate of drug-likeness (QED) is 0.115. The highest BCUT2D eigenvalue weighted by atomic mass is 15.0. The summed E-state index contributed by atoms with van der Waals surface area (Å²) in [5.74, 6) is 0.620. The van der Waals surface area contributed by atoms with Gasteiger partial charge in [0.2, 0.25) is 0 Å². The first-order valence-corrected chi connectivity index (χ1v) is 25.6. The third-order valence-corrected chi connectivity index (χ3v) is 14.6. The largest absolute Gasteiger partial charge is 0.310 e. The Morgan fingerprint density at radius 3 is 1.85 bits per heavy atom. The summed E-state index contributed by atoms with van der Waals surface area (Å²) in [6.07, 6.45) is 20.4. The van der Waals surface area contributed by atoms with Crippen LogP contribution in [0.4, 0.5) is 0 Å². The van der Waals surface area contributed by atoms with Gasteiger partial charge in [-0.05, 0) is 108 Å². The van der Waals surface area contributed by atoms with Crippen LogP contribution in [0, 0.1) is 0 Å². The van der Waals surface area contributed by atoms with Crippen LogP contribution in [0.1, 0.15) is 29.8 Å². The highest BCUT2D eigenvalue weighted by molar-refractivity contribution is 6.13. The van der Waals surface area contributed by atoms with Crippen molar-refractivity contribution in [2.75, 3.05) is 0 Å². The normalized spacial score (nSPS) is 12.9. The summed E-state index contributed by atoms with van der Waals surface area (Å²) >= 11 is 0. The van der Waals surface area contributed by atoms with Crippen molar-refractivity contribution in [3.8, 4) is 50.8 Å². The summed E-state index contributed by atoms with van der Waals surface area (Å²) in [6, 6.07) is 70.1. The smallest absolute Gasteiger partial charge is 0.160 e. The van der Waals surface area contributed by atoms with Crippen LogP contribution in [0.3, 0.4) is 0 Å². The van der Waals surface area contributed by atoms with Crippen molar-refractivity contribution in [3.63, 3.8) is 0 Å². The van der Waals surface area contributed by atoms with Gasteiger partial charge in [0, 0.05) is 66.3 Å². The van der Waals surface area contributed by atoms with E-state index in [2.05, 4.69) is 228 Å². The average molecular weight is 962 g/mol. The maximum Gasteiger partial charge on any atom is 0.160 e. The number of aromatic nitrogens is 5. The molecule has 0 aliphatic heterocycles. The zero-order valence-electron chi connectivity index (χ0n) is 41.4. The van der Waals surface area contributed by atoms with Gasteiger partial charge < -0.3 is 13.7 Å². The summed E-state index contributed by atoms with van der Waals surface area (Å²) in [5.41, 5.74) is 18.7. The molecule has 13 rings (SSSR count). The molecule has 0 atom stereocenters. The van der Waals surface area contributed by atoms with E-state index in [0.29, 0.717) is 5.82 Å². The number of benzene rings is 8. The number of fused-ring (bicyclic) bond motifs is 7. The van der Waals surface area contributed by atoms with E-state index in [0.717, 1.165) is 124 Å². The molecule has 1 aliphatic rings. The highest BCUT2D eigenvalue weighted by Gasteiger charge is 2.25. The van der Waals surface area contributed by atoms with Crippen LogP contribution < -0.4 is 0 Å². The van der Waals surface area contributed by atoms with E-state index < -0.39 is 0 Å². The molecular formula is C70H51N5. The van der Waals surface area contributed by atoms with Gasteiger partial charge >= 0.3 is 0 Å². The van der Waals surface area contributed by atoms with Gasteiger partial charge in [-0.2, -0.15) is 0 Å². The standard InChI is InChI=1S/C70H51N5/c1-4-7-31-53-41-51-30-17-20-34-64(51)73(53)54-38-40-67-61(44-54)58-39-37-55(74-65-35-21-18-32-56(65)57-33-19-22-36-66(57)74)45-68(58)75(67)69-59(48-24-11-8-12-25-48)42-52(43-60(69)49-26-13-9-14-27-49)70-71-62(47(6-3)23-5-2)46-63(72-70)50-28-15-10-16-29-50/h4-8,10-13,15-46H,1-3,9,14H2/b31-7-,47-23+. The van der Waals surface area contributed by atoms with Crippen LogP contribution in [0.5, 0.6) is 0 Å². The first-order chi connectivity index (χ1) is 37.1. The monoisotopic (exact) mass is 961 g/mol. The zero-order valence-corrected chi connectivity index (χ0v) is 41.4. The highest BCUT2D eigenvalue weighted by Crippen LogP contribution is 2.45. The average Bonchev–Trinajstić information content (AvgIpc) is 4.13. The molecule has 0 N–H and O–H groups in total. The van der Waals surface area contributed by atoms with E-state index in [1.165, 1.54) is 16.2 Å². The predicted molar refractivity (Wildman–Crippen MR) is 318 cm³/mol. The van der Waals surface area contributed by atoms with Crippen LogP contribution in [-0.2, 0) is 0 Å². The van der Waals surface area contributed by atoms with E-state index >= 15 is 0 Å². The fraction of sp³-hybridized carbons (Fsp3) is 0.0286. The molecule has 0 radical (unpaired) electrons. The maximum absolute atomic E-state index is 5.38. The number of hydrogen-bond donors (Lipinski definition) is 0. The van der Waals surface area contributed by atoms with E-state index in [9.17, 15) is 0 Å². The molecule has 0 amide bonds. The first kappa shape index (κ1) is 45.1. The topological polar surface area (TPSA) is 40.6 Å². The minimum atomic E-state index is 0.620. The second-order valence-corrected chi connectivity index (χ2v) is 19.0. The minimum Gasteiger partial charge on any atom is -0.310 e. The molecule has 0 bridgehead atoms. The summed E-state index contributed by atoms with van der Waals surface area (Å²) in [6.45, 7) is 12.2. The molecule has 0 saturated heterocycles. The maximum atomic E-state index is 5.38. The molecule has 0 unspecified atom stereocenters. The molecule has 4 aromatic heterocycles. The molecule has 8 aromatic carbocycles. The van der Waals surface area contributed by atoms with Crippen LogP contribution in [0.2, 0.25) is 0 Å². The Balaban J connectivity index is 1.15. The van der Waals surface area contributed by atoms with E-state index in [1.54, 1.807) is 6.08 Å². The van der Waals surface area contributed by atoms with Crippen molar-refractivity contribution in [3.05, 3.63) is 279 Å².